The van der Waals surface area contributed by atoms with Crippen LogP contribution in [0, 0.1) is 11.3 Å². The summed E-state index contributed by atoms with van der Waals surface area (Å²) in [6.45, 7) is 4.62. The molecule has 3 nitrogen and oxygen atoms in total. The van der Waals surface area contributed by atoms with Gasteiger partial charge >= 0.3 is 0 Å². The van der Waals surface area contributed by atoms with Gasteiger partial charge in [-0.25, -0.2) is 0 Å². The van der Waals surface area contributed by atoms with Crippen molar-refractivity contribution in [2.24, 2.45) is 0 Å². The van der Waals surface area contributed by atoms with Gasteiger partial charge in [0.25, 0.3) is 0 Å². The maximum atomic E-state index is 8.15. The highest BCUT2D eigenvalue weighted by Gasteiger charge is 1.87. The van der Waals surface area contributed by atoms with Gasteiger partial charge in [-0.05, 0) is 6.42 Å². The Balaban J connectivity index is 2.75. The quantitative estimate of drug-likeness (QED) is 0.524. The number of hydrogen-bond acceptors (Lipinski definition) is 3. The SMILES string of the molecule is CCCOCCOCCC#N. The molecule has 0 aliphatic heterocycles. The highest BCUT2D eigenvalue weighted by atomic mass is 16.5. The molecule has 0 N–H and O–H groups in total. The van der Waals surface area contributed by atoms with Crippen molar-refractivity contribution in [2.75, 3.05) is 26.4 Å². The summed E-state index contributed by atoms with van der Waals surface area (Å²) in [4.78, 5) is 0. The summed E-state index contributed by atoms with van der Waals surface area (Å²) in [5.41, 5.74) is 0. The Morgan fingerprint density at radius 3 is 2.27 bits per heavy atom. The zero-order valence-corrected chi connectivity index (χ0v) is 7.01. The van der Waals surface area contributed by atoms with Crippen LogP contribution < -0.4 is 0 Å². The van der Waals surface area contributed by atoms with Crippen LogP contribution in [0.3, 0.4) is 0 Å². The first-order valence-electron chi connectivity index (χ1n) is 3.94. The standard InChI is InChI=1S/C8H15NO2/c1-2-5-10-7-8-11-6-3-4-9/h2-3,5-8H2,1H3. The fraction of sp³-hybridized carbons (Fsp3) is 0.875. The van der Waals surface area contributed by atoms with Crippen molar-refractivity contribution in [1.82, 2.24) is 0 Å². The summed E-state index contributed by atoms with van der Waals surface area (Å²) in [5.74, 6) is 0. The van der Waals surface area contributed by atoms with Crippen LogP contribution in [0.4, 0.5) is 0 Å². The molecule has 0 rings (SSSR count). The Morgan fingerprint density at radius 2 is 1.73 bits per heavy atom. The fourth-order valence-corrected chi connectivity index (χ4v) is 0.584. The molecular formula is C8H15NO2. The van der Waals surface area contributed by atoms with E-state index in [1.54, 1.807) is 0 Å². The topological polar surface area (TPSA) is 42.2 Å². The zero-order valence-electron chi connectivity index (χ0n) is 7.01. The normalized spacial score (nSPS) is 9.45. The van der Waals surface area contributed by atoms with E-state index in [0.29, 0.717) is 26.2 Å². The molecule has 64 valence electrons. The van der Waals surface area contributed by atoms with Crippen molar-refractivity contribution in [3.63, 3.8) is 0 Å². The lowest BCUT2D eigenvalue weighted by Crippen LogP contribution is -2.05. The molecule has 0 spiro atoms. The average molecular weight is 157 g/mol. The highest BCUT2D eigenvalue weighted by Crippen LogP contribution is 1.83. The Labute approximate surface area is 67.9 Å². The molecule has 0 amide bonds. The van der Waals surface area contributed by atoms with Gasteiger partial charge in [-0.1, -0.05) is 6.92 Å². The number of ether oxygens (including phenoxy) is 2. The van der Waals surface area contributed by atoms with Crippen molar-refractivity contribution < 1.29 is 9.47 Å². The molecule has 0 aliphatic rings. The molecule has 0 bridgehead atoms. The van der Waals surface area contributed by atoms with E-state index in [9.17, 15) is 0 Å². The van der Waals surface area contributed by atoms with E-state index in [1.165, 1.54) is 0 Å². The molecule has 0 saturated heterocycles. The van der Waals surface area contributed by atoms with Crippen LogP contribution in [0.15, 0.2) is 0 Å². The number of hydrogen-bond donors (Lipinski definition) is 0. The van der Waals surface area contributed by atoms with Crippen LogP contribution >= 0.6 is 0 Å². The minimum absolute atomic E-state index is 0.466. The van der Waals surface area contributed by atoms with Crippen molar-refractivity contribution in [1.29, 1.82) is 5.26 Å². The number of nitriles is 1. The molecule has 0 aromatic carbocycles. The monoisotopic (exact) mass is 157 g/mol. The van der Waals surface area contributed by atoms with Crippen LogP contribution in [0.25, 0.3) is 0 Å². The van der Waals surface area contributed by atoms with Crippen LogP contribution in [0.2, 0.25) is 0 Å². The maximum Gasteiger partial charge on any atom is 0.0700 e. The lowest BCUT2D eigenvalue weighted by Gasteiger charge is -2.01. The van der Waals surface area contributed by atoms with Gasteiger partial charge in [0.15, 0.2) is 0 Å². The molecular weight excluding hydrogens is 142 g/mol. The third-order valence-electron chi connectivity index (χ3n) is 1.08. The van der Waals surface area contributed by atoms with E-state index < -0.39 is 0 Å². The third-order valence-corrected chi connectivity index (χ3v) is 1.08. The molecule has 0 atom stereocenters. The number of nitrogens with zero attached hydrogens (tertiary/aromatic N) is 1. The summed E-state index contributed by atoms with van der Waals surface area (Å²) in [5, 5.41) is 8.15. The Hall–Kier alpha value is -0.590. The third kappa shape index (κ3) is 9.41. The largest absolute Gasteiger partial charge is 0.379 e. The van der Waals surface area contributed by atoms with Gasteiger partial charge in [0.05, 0.1) is 32.3 Å². The first-order valence-corrected chi connectivity index (χ1v) is 3.94. The summed E-state index contributed by atoms with van der Waals surface area (Å²) in [6, 6.07) is 2.00. The van der Waals surface area contributed by atoms with E-state index >= 15 is 0 Å². The van der Waals surface area contributed by atoms with E-state index in [-0.39, 0.29) is 0 Å². The van der Waals surface area contributed by atoms with Gasteiger partial charge < -0.3 is 9.47 Å². The van der Waals surface area contributed by atoms with Gasteiger partial charge in [0, 0.05) is 6.61 Å². The predicted molar refractivity (Wildman–Crippen MR) is 42.2 cm³/mol. The average Bonchev–Trinajstić information content (AvgIpc) is 2.03. The van der Waals surface area contributed by atoms with Crippen LogP contribution in [-0.2, 0) is 9.47 Å². The smallest absolute Gasteiger partial charge is 0.0700 e. The second kappa shape index (κ2) is 9.41. The van der Waals surface area contributed by atoms with Crippen LogP contribution in [0.5, 0.6) is 0 Å². The molecule has 0 unspecified atom stereocenters. The van der Waals surface area contributed by atoms with Gasteiger partial charge in [-0.2, -0.15) is 5.26 Å². The van der Waals surface area contributed by atoms with Gasteiger partial charge in [-0.3, -0.25) is 0 Å². The summed E-state index contributed by atoms with van der Waals surface area (Å²) >= 11 is 0. The maximum absolute atomic E-state index is 8.15. The summed E-state index contributed by atoms with van der Waals surface area (Å²) in [6.07, 6.45) is 1.51. The molecule has 0 radical (unpaired) electrons. The van der Waals surface area contributed by atoms with Gasteiger partial charge in [0.1, 0.15) is 0 Å². The molecule has 0 aromatic rings. The minimum Gasteiger partial charge on any atom is -0.379 e. The second-order valence-corrected chi connectivity index (χ2v) is 2.13. The van der Waals surface area contributed by atoms with Crippen molar-refractivity contribution in [3.8, 4) is 6.07 Å². The molecule has 0 fully saturated rings. The second-order valence-electron chi connectivity index (χ2n) is 2.13. The summed E-state index contributed by atoms with van der Waals surface area (Å²) in [7, 11) is 0. The molecule has 0 heterocycles. The first kappa shape index (κ1) is 10.4. The van der Waals surface area contributed by atoms with Crippen LogP contribution in [0.1, 0.15) is 19.8 Å². The molecule has 11 heavy (non-hydrogen) atoms. The van der Waals surface area contributed by atoms with E-state index in [2.05, 4.69) is 6.92 Å². The van der Waals surface area contributed by atoms with Crippen molar-refractivity contribution in [2.45, 2.75) is 19.8 Å². The Morgan fingerprint density at radius 1 is 1.09 bits per heavy atom. The zero-order chi connectivity index (χ0) is 8.36. The lowest BCUT2D eigenvalue weighted by molar-refractivity contribution is 0.0501. The lowest BCUT2D eigenvalue weighted by atomic mass is 10.5. The molecule has 0 aliphatic carbocycles. The number of rotatable bonds is 7. The van der Waals surface area contributed by atoms with Crippen molar-refractivity contribution >= 4 is 0 Å². The van der Waals surface area contributed by atoms with E-state index in [1.807, 2.05) is 6.07 Å². The molecule has 0 saturated carbocycles. The van der Waals surface area contributed by atoms with Crippen molar-refractivity contribution in [3.05, 3.63) is 0 Å². The molecule has 3 heteroatoms. The molecule has 0 aromatic heterocycles. The van der Waals surface area contributed by atoms with E-state index in [0.717, 1.165) is 13.0 Å². The first-order chi connectivity index (χ1) is 5.41. The summed E-state index contributed by atoms with van der Waals surface area (Å²) < 4.78 is 10.2. The van der Waals surface area contributed by atoms with E-state index in [4.69, 9.17) is 14.7 Å². The predicted octanol–water partition coefficient (Wildman–Crippen LogP) is 1.34. The Kier molecular flexibility index (Phi) is 8.91. The van der Waals surface area contributed by atoms with Crippen LogP contribution in [-0.4, -0.2) is 26.4 Å². The van der Waals surface area contributed by atoms with Gasteiger partial charge in [0.2, 0.25) is 0 Å². The highest BCUT2D eigenvalue weighted by molar-refractivity contribution is 4.66. The van der Waals surface area contributed by atoms with Gasteiger partial charge in [-0.15, -0.1) is 0 Å². The fourth-order valence-electron chi connectivity index (χ4n) is 0.584. The Bertz CT molecular complexity index is 109. The minimum atomic E-state index is 0.466.